The Kier molecular flexibility index (Phi) is 12.3. The minimum absolute atomic E-state index is 0. The number of nitrogens with zero attached hydrogens (tertiary/aromatic N) is 2. The van der Waals surface area contributed by atoms with Crippen molar-refractivity contribution < 1.29 is 4.79 Å². The summed E-state index contributed by atoms with van der Waals surface area (Å²) >= 11 is 0. The molecule has 1 aliphatic heterocycles. The Hall–Kier alpha value is -1.35. The van der Waals surface area contributed by atoms with Gasteiger partial charge in [-0.2, -0.15) is 0 Å². The maximum atomic E-state index is 11.4. The molecule has 1 heterocycles. The highest BCUT2D eigenvalue weighted by molar-refractivity contribution is 14.0. The molecule has 1 aliphatic rings. The summed E-state index contributed by atoms with van der Waals surface area (Å²) in [5.41, 5.74) is 6.96. The lowest BCUT2D eigenvalue weighted by Gasteiger charge is -2.33. The molecule has 30 heavy (non-hydrogen) atoms. The predicted molar refractivity (Wildman–Crippen MR) is 136 cm³/mol. The largest absolute Gasteiger partial charge is 0.369 e. The molecule has 1 fully saturated rings. The summed E-state index contributed by atoms with van der Waals surface area (Å²) in [4.78, 5) is 18.2. The van der Waals surface area contributed by atoms with Gasteiger partial charge in [0, 0.05) is 32.1 Å². The fourth-order valence-electron chi connectivity index (χ4n) is 4.28. The van der Waals surface area contributed by atoms with E-state index in [0.29, 0.717) is 0 Å². The number of nitrogens with two attached hydrogens (primary N) is 1. The second-order valence-electron chi connectivity index (χ2n) is 8.10. The number of benzene rings is 1. The van der Waals surface area contributed by atoms with Crippen LogP contribution in [0.4, 0.5) is 0 Å². The summed E-state index contributed by atoms with van der Waals surface area (Å²) in [6.45, 7) is 9.06. The average Bonchev–Trinajstić information content (AvgIpc) is 2.77. The van der Waals surface area contributed by atoms with Crippen molar-refractivity contribution in [2.45, 2.75) is 51.4 Å². The van der Waals surface area contributed by atoms with Gasteiger partial charge in [0.15, 0.2) is 5.96 Å². The Morgan fingerprint density at radius 1 is 1.23 bits per heavy atom. The fourth-order valence-corrected chi connectivity index (χ4v) is 4.28. The second-order valence-corrected chi connectivity index (χ2v) is 8.10. The molecule has 6 nitrogen and oxygen atoms in total. The van der Waals surface area contributed by atoms with Gasteiger partial charge in [-0.25, -0.2) is 0 Å². The molecule has 7 heteroatoms. The van der Waals surface area contributed by atoms with Gasteiger partial charge in [0.05, 0.1) is 5.92 Å². The van der Waals surface area contributed by atoms with E-state index >= 15 is 0 Å². The molecule has 0 spiro atoms. The van der Waals surface area contributed by atoms with Crippen molar-refractivity contribution in [2.24, 2.45) is 16.6 Å². The Morgan fingerprint density at radius 2 is 1.93 bits per heavy atom. The lowest BCUT2D eigenvalue weighted by atomic mass is 9.76. The number of guanidine groups is 1. The molecular weight excluding hydrogens is 489 g/mol. The maximum Gasteiger partial charge on any atom is 0.221 e. The number of hydrogen-bond donors (Lipinski definition) is 3. The van der Waals surface area contributed by atoms with Crippen LogP contribution in [0.25, 0.3) is 0 Å². The van der Waals surface area contributed by atoms with Crippen molar-refractivity contribution in [1.29, 1.82) is 0 Å². The lowest BCUT2D eigenvalue weighted by Crippen LogP contribution is -2.46. The minimum Gasteiger partial charge on any atom is -0.369 e. The zero-order valence-corrected chi connectivity index (χ0v) is 21.2. The van der Waals surface area contributed by atoms with Gasteiger partial charge >= 0.3 is 0 Å². The summed E-state index contributed by atoms with van der Waals surface area (Å²) in [6.07, 6.45) is 5.15. The SMILES string of the molecule is CCC(CC)(CNC(=NC)NCCCN1CCCC(C(N)=O)C1)c1ccccc1.I. The predicted octanol–water partition coefficient (Wildman–Crippen LogP) is 3.11. The molecule has 1 aromatic rings. The Balaban J connectivity index is 0.00000450. The lowest BCUT2D eigenvalue weighted by molar-refractivity contribution is -0.123. The first-order valence-electron chi connectivity index (χ1n) is 11.1. The third-order valence-electron chi connectivity index (χ3n) is 6.41. The standard InChI is InChI=1S/C23H39N5O.HI/c1-4-23(5-2,20-12-7-6-8-13-20)18-27-22(25-3)26-14-10-16-28-15-9-11-19(17-28)21(24)29;/h6-8,12-13,19H,4-5,9-11,14-18H2,1-3H3,(H2,24,29)(H2,25,26,27);1H. The number of amides is 1. The van der Waals surface area contributed by atoms with E-state index in [-0.39, 0.29) is 41.2 Å². The summed E-state index contributed by atoms with van der Waals surface area (Å²) in [6, 6.07) is 10.8. The summed E-state index contributed by atoms with van der Waals surface area (Å²) in [5.74, 6) is 0.701. The van der Waals surface area contributed by atoms with E-state index in [1.807, 2.05) is 7.05 Å². The van der Waals surface area contributed by atoms with E-state index in [4.69, 9.17) is 5.73 Å². The van der Waals surface area contributed by atoms with Gasteiger partial charge in [-0.05, 0) is 50.8 Å². The highest BCUT2D eigenvalue weighted by Gasteiger charge is 2.28. The van der Waals surface area contributed by atoms with Crippen molar-refractivity contribution in [1.82, 2.24) is 15.5 Å². The van der Waals surface area contributed by atoms with Crippen LogP contribution >= 0.6 is 24.0 Å². The van der Waals surface area contributed by atoms with E-state index in [2.05, 4.69) is 64.7 Å². The van der Waals surface area contributed by atoms with Crippen LogP contribution in [0.1, 0.15) is 51.5 Å². The molecule has 0 saturated carbocycles. The highest BCUT2D eigenvalue weighted by atomic mass is 127. The van der Waals surface area contributed by atoms with E-state index < -0.39 is 0 Å². The number of hydrogen-bond acceptors (Lipinski definition) is 3. The van der Waals surface area contributed by atoms with Crippen LogP contribution < -0.4 is 16.4 Å². The smallest absolute Gasteiger partial charge is 0.221 e. The molecule has 1 unspecified atom stereocenters. The number of likely N-dealkylation sites (tertiary alicyclic amines) is 1. The van der Waals surface area contributed by atoms with Crippen molar-refractivity contribution in [3.63, 3.8) is 0 Å². The molecule has 1 amide bonds. The first-order valence-corrected chi connectivity index (χ1v) is 11.1. The number of primary amides is 1. The van der Waals surface area contributed by atoms with E-state index in [1.54, 1.807) is 0 Å². The fraction of sp³-hybridized carbons (Fsp3) is 0.652. The van der Waals surface area contributed by atoms with E-state index in [9.17, 15) is 4.79 Å². The summed E-state index contributed by atoms with van der Waals surface area (Å²) in [7, 11) is 1.82. The van der Waals surface area contributed by atoms with Gasteiger partial charge in [0.25, 0.3) is 0 Å². The molecule has 2 rings (SSSR count). The number of carbonyl (C=O) groups is 1. The quantitative estimate of drug-likeness (QED) is 0.188. The number of rotatable bonds is 10. The molecule has 0 aromatic heterocycles. The van der Waals surface area contributed by atoms with Gasteiger partial charge in [-0.15, -0.1) is 24.0 Å². The molecule has 170 valence electrons. The van der Waals surface area contributed by atoms with Gasteiger partial charge in [0.2, 0.25) is 5.91 Å². The van der Waals surface area contributed by atoms with Gasteiger partial charge in [0.1, 0.15) is 0 Å². The van der Waals surface area contributed by atoms with Crippen LogP contribution in [0, 0.1) is 5.92 Å². The van der Waals surface area contributed by atoms with Crippen molar-refractivity contribution >= 4 is 35.8 Å². The number of carbonyl (C=O) groups excluding carboxylic acids is 1. The third-order valence-corrected chi connectivity index (χ3v) is 6.41. The summed E-state index contributed by atoms with van der Waals surface area (Å²) < 4.78 is 0. The van der Waals surface area contributed by atoms with Crippen LogP contribution in [-0.2, 0) is 10.2 Å². The Bertz CT molecular complexity index is 648. The molecule has 4 N–H and O–H groups in total. The first-order chi connectivity index (χ1) is 14.0. The number of halogens is 1. The maximum absolute atomic E-state index is 11.4. The third kappa shape index (κ3) is 7.72. The van der Waals surface area contributed by atoms with Crippen LogP contribution in [0.5, 0.6) is 0 Å². The normalized spacial score (nSPS) is 17.8. The first kappa shape index (κ1) is 26.7. The van der Waals surface area contributed by atoms with Crippen molar-refractivity contribution in [2.75, 3.05) is 39.8 Å². The van der Waals surface area contributed by atoms with Crippen LogP contribution in [0.15, 0.2) is 35.3 Å². The highest BCUT2D eigenvalue weighted by Crippen LogP contribution is 2.30. The molecule has 1 aromatic carbocycles. The minimum atomic E-state index is -0.161. The molecule has 0 bridgehead atoms. The molecule has 1 atom stereocenters. The van der Waals surface area contributed by atoms with Crippen molar-refractivity contribution in [3.05, 3.63) is 35.9 Å². The van der Waals surface area contributed by atoms with Gasteiger partial charge in [-0.3, -0.25) is 9.79 Å². The molecule has 0 aliphatic carbocycles. The van der Waals surface area contributed by atoms with E-state index in [1.165, 1.54) is 5.56 Å². The number of piperidine rings is 1. The van der Waals surface area contributed by atoms with Crippen LogP contribution in [-0.4, -0.2) is 56.5 Å². The monoisotopic (exact) mass is 529 g/mol. The Morgan fingerprint density at radius 3 is 2.53 bits per heavy atom. The van der Waals surface area contributed by atoms with Crippen LogP contribution in [0.2, 0.25) is 0 Å². The molecule has 0 radical (unpaired) electrons. The zero-order chi connectivity index (χ0) is 21.1. The zero-order valence-electron chi connectivity index (χ0n) is 18.8. The van der Waals surface area contributed by atoms with Crippen LogP contribution in [0.3, 0.4) is 0 Å². The topological polar surface area (TPSA) is 82.8 Å². The summed E-state index contributed by atoms with van der Waals surface area (Å²) in [5, 5.41) is 6.97. The van der Waals surface area contributed by atoms with E-state index in [0.717, 1.165) is 70.8 Å². The molecule has 1 saturated heterocycles. The molecular formula is C23H40IN5O. The van der Waals surface area contributed by atoms with Crippen molar-refractivity contribution in [3.8, 4) is 0 Å². The number of aliphatic imine (C=N–C) groups is 1. The number of nitrogens with one attached hydrogen (secondary N) is 2. The van der Waals surface area contributed by atoms with Gasteiger partial charge < -0.3 is 21.3 Å². The second kappa shape index (κ2) is 13.9. The Labute approximate surface area is 199 Å². The van der Waals surface area contributed by atoms with Gasteiger partial charge in [-0.1, -0.05) is 44.2 Å². The average molecular weight is 530 g/mol.